The van der Waals surface area contributed by atoms with Gasteiger partial charge in [-0.2, -0.15) is 13.2 Å². The molecule has 0 aliphatic carbocycles. The van der Waals surface area contributed by atoms with Crippen LogP contribution in [0.25, 0.3) is 0 Å². The van der Waals surface area contributed by atoms with Crippen LogP contribution in [0.5, 0.6) is 0 Å². The highest BCUT2D eigenvalue weighted by atomic mass is 19.4. The van der Waals surface area contributed by atoms with Gasteiger partial charge in [0.2, 0.25) is 0 Å². The molecule has 1 aliphatic rings. The zero-order valence-corrected chi connectivity index (χ0v) is 24.9. The Morgan fingerprint density at radius 1 is 1.00 bits per heavy atom. The zero-order valence-electron chi connectivity index (χ0n) is 24.9. The lowest BCUT2D eigenvalue weighted by Gasteiger charge is -2.18. The fourth-order valence-corrected chi connectivity index (χ4v) is 5.14. The van der Waals surface area contributed by atoms with E-state index in [0.29, 0.717) is 17.2 Å². The first-order valence-corrected chi connectivity index (χ1v) is 15.5. The van der Waals surface area contributed by atoms with Crippen molar-refractivity contribution in [3.8, 4) is 12.3 Å². The summed E-state index contributed by atoms with van der Waals surface area (Å²) in [6, 6.07) is 0. The number of halogens is 3. The van der Waals surface area contributed by atoms with Gasteiger partial charge in [0.1, 0.15) is 31.1 Å². The second-order valence-corrected chi connectivity index (χ2v) is 11.0. The summed E-state index contributed by atoms with van der Waals surface area (Å²) in [5, 5.41) is 0. The quantitative estimate of drug-likeness (QED) is 0.0962. The summed E-state index contributed by atoms with van der Waals surface area (Å²) in [6.45, 7) is 1.94. The summed E-state index contributed by atoms with van der Waals surface area (Å²) < 4.78 is 56.8. The zero-order chi connectivity index (χ0) is 30.8. The largest absolute Gasteiger partial charge is 0.463 e. The van der Waals surface area contributed by atoms with Crippen LogP contribution in [0.3, 0.4) is 0 Å². The number of alkyl halides is 3. The Morgan fingerprint density at radius 3 is 2.07 bits per heavy atom. The Labute approximate surface area is 246 Å². The van der Waals surface area contributed by atoms with Gasteiger partial charge in [-0.1, -0.05) is 103 Å². The fraction of sp³-hybridized carbons (Fsp3) is 0.774. The van der Waals surface area contributed by atoms with Crippen molar-refractivity contribution in [2.24, 2.45) is 0 Å². The van der Waals surface area contributed by atoms with Crippen LogP contribution in [0.4, 0.5) is 13.2 Å². The molecule has 0 spiro atoms. The van der Waals surface area contributed by atoms with Crippen LogP contribution < -0.4 is 11.2 Å². The number of unbranched alkanes of at least 4 members (excludes halogenated alkanes) is 14. The molecular formula is C31H47F3N2O6. The minimum Gasteiger partial charge on any atom is -0.463 e. The molecule has 1 aromatic rings. The van der Waals surface area contributed by atoms with Crippen molar-refractivity contribution in [1.82, 2.24) is 9.55 Å². The van der Waals surface area contributed by atoms with Gasteiger partial charge in [-0.05, 0) is 6.42 Å². The first kappa shape index (κ1) is 35.6. The molecule has 0 radical (unpaired) electrons. The van der Waals surface area contributed by atoms with Crippen LogP contribution in [-0.4, -0.2) is 40.9 Å². The SMILES string of the molecule is C#CCO[C@H]1C[C@H](n2cc(C(F)(F)F)c(=O)[nH]c2=O)O[C@@H]1COC(=O)CCCCCCCCCCCCCCCCC. The lowest BCUT2D eigenvalue weighted by molar-refractivity contribution is -0.151. The highest BCUT2D eigenvalue weighted by Crippen LogP contribution is 2.32. The van der Waals surface area contributed by atoms with Crippen LogP contribution in [0, 0.1) is 12.3 Å². The Morgan fingerprint density at radius 2 is 1.55 bits per heavy atom. The minimum absolute atomic E-state index is 0.0216. The van der Waals surface area contributed by atoms with E-state index in [4.69, 9.17) is 20.6 Å². The number of H-pyrrole nitrogens is 1. The molecule has 0 bridgehead atoms. The Bertz CT molecular complexity index is 1080. The highest BCUT2D eigenvalue weighted by Gasteiger charge is 2.40. The number of terminal acetylenes is 1. The molecule has 1 aromatic heterocycles. The van der Waals surface area contributed by atoms with Gasteiger partial charge in [-0.15, -0.1) is 6.42 Å². The lowest BCUT2D eigenvalue weighted by atomic mass is 10.0. The van der Waals surface area contributed by atoms with Gasteiger partial charge >= 0.3 is 17.8 Å². The number of ether oxygens (including phenoxy) is 3. The number of aromatic nitrogens is 2. The van der Waals surface area contributed by atoms with E-state index in [1.165, 1.54) is 70.6 Å². The summed E-state index contributed by atoms with van der Waals surface area (Å²) in [6.07, 6.45) is 16.6. The van der Waals surface area contributed by atoms with E-state index in [1.807, 2.05) is 0 Å². The third-order valence-corrected chi connectivity index (χ3v) is 7.54. The second-order valence-electron chi connectivity index (χ2n) is 11.0. The summed E-state index contributed by atoms with van der Waals surface area (Å²) >= 11 is 0. The lowest BCUT2D eigenvalue weighted by Crippen LogP contribution is -2.36. The molecule has 2 rings (SSSR count). The Balaban J connectivity index is 1.66. The standard InChI is InChI=1S/C31H47F3N2O6/c1-3-5-6-7-8-9-10-11-12-13-14-15-16-17-18-19-28(37)41-23-26-25(40-20-4-2)21-27(42-26)36-22-24(31(32,33)34)29(38)35-30(36)39/h2,22,25-27H,3,5-21,23H2,1H3,(H,35,38,39)/t25-,26+,27+/m0/s1. The van der Waals surface area contributed by atoms with E-state index >= 15 is 0 Å². The molecule has 0 saturated carbocycles. The van der Waals surface area contributed by atoms with Crippen molar-refractivity contribution >= 4 is 5.97 Å². The Kier molecular flexibility index (Phi) is 16.6. The van der Waals surface area contributed by atoms with Gasteiger partial charge in [-0.25, -0.2) is 4.79 Å². The van der Waals surface area contributed by atoms with Crippen LogP contribution >= 0.6 is 0 Å². The van der Waals surface area contributed by atoms with Gasteiger partial charge in [0.25, 0.3) is 5.56 Å². The Hall–Kier alpha value is -2.58. The maximum absolute atomic E-state index is 13.2. The first-order valence-electron chi connectivity index (χ1n) is 15.5. The number of carbonyl (C=O) groups is 1. The van der Waals surface area contributed by atoms with Crippen LogP contribution in [0.1, 0.15) is 128 Å². The molecule has 0 amide bonds. The highest BCUT2D eigenvalue weighted by molar-refractivity contribution is 5.69. The number of hydrogen-bond donors (Lipinski definition) is 1. The molecule has 0 aromatic carbocycles. The number of rotatable bonds is 21. The molecule has 11 heteroatoms. The van der Waals surface area contributed by atoms with Crippen molar-refractivity contribution in [2.75, 3.05) is 13.2 Å². The predicted octanol–water partition coefficient (Wildman–Crippen LogP) is 6.67. The number of carbonyl (C=O) groups excluding carboxylic acids is 1. The molecule has 8 nitrogen and oxygen atoms in total. The second kappa shape index (κ2) is 19.6. The van der Waals surface area contributed by atoms with E-state index < -0.39 is 47.4 Å². The van der Waals surface area contributed by atoms with E-state index in [-0.39, 0.29) is 26.1 Å². The van der Waals surface area contributed by atoms with Crippen LogP contribution in [-0.2, 0) is 25.2 Å². The van der Waals surface area contributed by atoms with Crippen LogP contribution in [0.2, 0.25) is 0 Å². The molecule has 2 heterocycles. The normalized spacial score (nSPS) is 18.7. The fourth-order valence-electron chi connectivity index (χ4n) is 5.14. The van der Waals surface area contributed by atoms with E-state index in [2.05, 4.69) is 12.8 Å². The molecule has 1 saturated heterocycles. The number of hydrogen-bond acceptors (Lipinski definition) is 6. The summed E-state index contributed by atoms with van der Waals surface area (Å²) in [5.41, 5.74) is -4.11. The molecular weight excluding hydrogens is 553 g/mol. The number of esters is 1. The third-order valence-electron chi connectivity index (χ3n) is 7.54. The minimum atomic E-state index is -4.96. The molecule has 1 aliphatic heterocycles. The van der Waals surface area contributed by atoms with Crippen molar-refractivity contribution < 1.29 is 32.2 Å². The van der Waals surface area contributed by atoms with E-state index in [1.54, 1.807) is 4.98 Å². The third kappa shape index (κ3) is 13.2. The summed E-state index contributed by atoms with van der Waals surface area (Å²) in [5.74, 6) is 1.89. The average molecular weight is 601 g/mol. The van der Waals surface area contributed by atoms with Gasteiger partial charge < -0.3 is 14.2 Å². The first-order chi connectivity index (χ1) is 20.2. The van der Waals surface area contributed by atoms with Gasteiger partial charge in [0.05, 0.1) is 6.10 Å². The average Bonchev–Trinajstić information content (AvgIpc) is 3.34. The monoisotopic (exact) mass is 600 g/mol. The molecule has 1 fully saturated rings. The van der Waals surface area contributed by atoms with Crippen LogP contribution in [0.15, 0.2) is 15.8 Å². The van der Waals surface area contributed by atoms with E-state index in [0.717, 1.165) is 19.3 Å². The summed E-state index contributed by atoms with van der Waals surface area (Å²) in [4.78, 5) is 37.8. The number of nitrogens with one attached hydrogen (secondary N) is 1. The van der Waals surface area contributed by atoms with Crippen molar-refractivity contribution in [2.45, 2.75) is 141 Å². The van der Waals surface area contributed by atoms with Gasteiger partial charge in [0, 0.05) is 19.0 Å². The van der Waals surface area contributed by atoms with Gasteiger partial charge in [0.15, 0.2) is 0 Å². The van der Waals surface area contributed by atoms with Crippen molar-refractivity contribution in [3.05, 3.63) is 32.6 Å². The molecule has 238 valence electrons. The maximum Gasteiger partial charge on any atom is 0.423 e. The summed E-state index contributed by atoms with van der Waals surface area (Å²) in [7, 11) is 0. The topological polar surface area (TPSA) is 99.6 Å². The number of nitrogens with zero attached hydrogens (tertiary/aromatic N) is 1. The molecule has 0 unspecified atom stereocenters. The maximum atomic E-state index is 13.2. The number of aromatic amines is 1. The molecule has 42 heavy (non-hydrogen) atoms. The van der Waals surface area contributed by atoms with Gasteiger partial charge in [-0.3, -0.25) is 19.1 Å². The molecule has 1 N–H and O–H groups in total. The molecule has 3 atom stereocenters. The smallest absolute Gasteiger partial charge is 0.423 e. The van der Waals surface area contributed by atoms with Crippen molar-refractivity contribution in [1.29, 1.82) is 0 Å². The van der Waals surface area contributed by atoms with Crippen molar-refractivity contribution in [3.63, 3.8) is 0 Å². The predicted molar refractivity (Wildman–Crippen MR) is 154 cm³/mol. The van der Waals surface area contributed by atoms with E-state index in [9.17, 15) is 27.6 Å².